The molecule has 1 aliphatic rings. The quantitative estimate of drug-likeness (QED) is 0.800. The van der Waals surface area contributed by atoms with Crippen LogP contribution in [0.1, 0.15) is 40.0 Å². The van der Waals surface area contributed by atoms with Crippen LogP contribution in [0.3, 0.4) is 0 Å². The van der Waals surface area contributed by atoms with Crippen molar-refractivity contribution in [2.45, 2.75) is 52.1 Å². The number of nitrogens with one attached hydrogen (secondary N) is 1. The van der Waals surface area contributed by atoms with Gasteiger partial charge in [0.05, 0.1) is 0 Å². The molecule has 0 amide bonds. The first-order chi connectivity index (χ1) is 8.39. The number of rotatable bonds is 6. The molecule has 0 aromatic rings. The van der Waals surface area contributed by atoms with Crippen LogP contribution in [-0.2, 0) is 0 Å². The molecule has 1 rings (SSSR count). The van der Waals surface area contributed by atoms with Crippen molar-refractivity contribution in [3.8, 4) is 0 Å². The van der Waals surface area contributed by atoms with Gasteiger partial charge in [-0.1, -0.05) is 13.8 Å². The lowest BCUT2D eigenvalue weighted by atomic mass is 9.69. The topological polar surface area (TPSA) is 15.3 Å². The fourth-order valence-corrected chi connectivity index (χ4v) is 3.96. The summed E-state index contributed by atoms with van der Waals surface area (Å²) in [6.07, 6.45) is 6.25. The summed E-state index contributed by atoms with van der Waals surface area (Å²) in [5, 5.41) is 3.54. The van der Waals surface area contributed by atoms with E-state index in [0.717, 1.165) is 5.92 Å². The van der Waals surface area contributed by atoms with E-state index in [1.807, 2.05) is 11.8 Å². The molecule has 3 atom stereocenters. The average molecular weight is 273 g/mol. The summed E-state index contributed by atoms with van der Waals surface area (Å²) in [4.78, 5) is 2.55. The lowest BCUT2D eigenvalue weighted by Crippen LogP contribution is -2.47. The Morgan fingerprint density at radius 1 is 1.44 bits per heavy atom. The molecule has 0 heterocycles. The number of hydrogen-bond donors (Lipinski definition) is 1. The highest BCUT2D eigenvalue weighted by Crippen LogP contribution is 2.39. The van der Waals surface area contributed by atoms with Crippen LogP contribution >= 0.6 is 11.8 Å². The van der Waals surface area contributed by atoms with Crippen molar-refractivity contribution >= 4 is 11.8 Å². The Kier molecular flexibility index (Phi) is 6.49. The molecular formula is C15H32N2S. The molecule has 1 N–H and O–H groups in total. The summed E-state index contributed by atoms with van der Waals surface area (Å²) < 4.78 is 0. The zero-order valence-electron chi connectivity index (χ0n) is 13.1. The molecule has 0 aromatic heterocycles. The van der Waals surface area contributed by atoms with Gasteiger partial charge in [-0.15, -0.1) is 0 Å². The van der Waals surface area contributed by atoms with Crippen LogP contribution in [0.2, 0.25) is 0 Å². The van der Waals surface area contributed by atoms with E-state index in [9.17, 15) is 0 Å². The van der Waals surface area contributed by atoms with E-state index in [0.29, 0.717) is 17.5 Å². The molecule has 1 aliphatic carbocycles. The van der Waals surface area contributed by atoms with Crippen LogP contribution in [0.15, 0.2) is 0 Å². The molecule has 0 aromatic carbocycles. The summed E-state index contributed by atoms with van der Waals surface area (Å²) in [5.74, 6) is 2.03. The molecule has 3 heteroatoms. The van der Waals surface area contributed by atoms with E-state index in [-0.39, 0.29) is 0 Å². The van der Waals surface area contributed by atoms with Crippen LogP contribution in [-0.4, -0.2) is 49.6 Å². The van der Waals surface area contributed by atoms with E-state index in [2.05, 4.69) is 51.3 Å². The van der Waals surface area contributed by atoms with Crippen molar-refractivity contribution in [2.75, 3.05) is 32.6 Å². The third-order valence-electron chi connectivity index (χ3n) is 4.57. The Morgan fingerprint density at radius 2 is 2.11 bits per heavy atom. The third-order valence-corrected chi connectivity index (χ3v) is 5.39. The lowest BCUT2D eigenvalue weighted by molar-refractivity contribution is 0.103. The zero-order chi connectivity index (χ0) is 13.8. The molecule has 1 fully saturated rings. The minimum Gasteiger partial charge on any atom is -0.317 e. The first-order valence-electron chi connectivity index (χ1n) is 7.26. The number of thioether (sulfide) groups is 1. The van der Waals surface area contributed by atoms with Gasteiger partial charge in [0, 0.05) is 24.4 Å². The molecule has 0 saturated heterocycles. The Labute approximate surface area is 118 Å². The van der Waals surface area contributed by atoms with Gasteiger partial charge >= 0.3 is 0 Å². The molecule has 0 spiro atoms. The van der Waals surface area contributed by atoms with Gasteiger partial charge in [-0.25, -0.2) is 0 Å². The second-order valence-electron chi connectivity index (χ2n) is 6.81. The molecule has 0 aliphatic heterocycles. The average Bonchev–Trinajstić information content (AvgIpc) is 2.28. The van der Waals surface area contributed by atoms with Gasteiger partial charge in [0.1, 0.15) is 0 Å². The number of hydrogen-bond acceptors (Lipinski definition) is 3. The zero-order valence-corrected chi connectivity index (χ0v) is 13.9. The Hall–Kier alpha value is 0.270. The molecule has 0 bridgehead atoms. The van der Waals surface area contributed by atoms with Gasteiger partial charge < -0.3 is 10.2 Å². The predicted octanol–water partition coefficient (Wildman–Crippen LogP) is 3.08. The standard InChI is InChI=1S/C15H32N2S/c1-12(11-18-6)17(5)10-13-9-15(2,3)8-7-14(13)16-4/h12-14,16H,7-11H2,1-6H3. The fourth-order valence-electron chi connectivity index (χ4n) is 3.23. The highest BCUT2D eigenvalue weighted by Gasteiger charge is 2.34. The number of nitrogens with zero attached hydrogens (tertiary/aromatic N) is 1. The maximum Gasteiger partial charge on any atom is 0.0155 e. The normalized spacial score (nSPS) is 29.5. The molecule has 108 valence electrons. The van der Waals surface area contributed by atoms with E-state index in [4.69, 9.17) is 0 Å². The Morgan fingerprint density at radius 3 is 2.67 bits per heavy atom. The largest absolute Gasteiger partial charge is 0.317 e. The molecule has 0 radical (unpaired) electrons. The first-order valence-corrected chi connectivity index (χ1v) is 8.65. The van der Waals surface area contributed by atoms with Gasteiger partial charge in [0.2, 0.25) is 0 Å². The van der Waals surface area contributed by atoms with Crippen molar-refractivity contribution in [1.29, 1.82) is 0 Å². The molecular weight excluding hydrogens is 240 g/mol. The second-order valence-corrected chi connectivity index (χ2v) is 7.72. The minimum absolute atomic E-state index is 0.529. The van der Waals surface area contributed by atoms with Gasteiger partial charge in [0.15, 0.2) is 0 Å². The Bertz CT molecular complexity index is 243. The molecule has 1 saturated carbocycles. The van der Waals surface area contributed by atoms with Crippen LogP contribution in [0.5, 0.6) is 0 Å². The van der Waals surface area contributed by atoms with Crippen LogP contribution < -0.4 is 5.32 Å². The van der Waals surface area contributed by atoms with Crippen molar-refractivity contribution < 1.29 is 0 Å². The third kappa shape index (κ3) is 4.75. The van der Waals surface area contributed by atoms with Crippen molar-refractivity contribution in [2.24, 2.45) is 11.3 Å². The maximum absolute atomic E-state index is 3.54. The van der Waals surface area contributed by atoms with E-state index in [1.165, 1.54) is 31.6 Å². The summed E-state index contributed by atoms with van der Waals surface area (Å²) in [5.41, 5.74) is 0.529. The van der Waals surface area contributed by atoms with Gasteiger partial charge in [0.25, 0.3) is 0 Å². The van der Waals surface area contributed by atoms with Crippen molar-refractivity contribution in [3.63, 3.8) is 0 Å². The van der Waals surface area contributed by atoms with E-state index < -0.39 is 0 Å². The van der Waals surface area contributed by atoms with Gasteiger partial charge in [-0.3, -0.25) is 0 Å². The maximum atomic E-state index is 3.54. The van der Waals surface area contributed by atoms with Gasteiger partial charge in [-0.05, 0) is 57.9 Å². The van der Waals surface area contributed by atoms with E-state index >= 15 is 0 Å². The molecule has 3 unspecified atom stereocenters. The van der Waals surface area contributed by atoms with Crippen LogP contribution in [0, 0.1) is 11.3 Å². The van der Waals surface area contributed by atoms with Crippen LogP contribution in [0.4, 0.5) is 0 Å². The van der Waals surface area contributed by atoms with Gasteiger partial charge in [-0.2, -0.15) is 11.8 Å². The fraction of sp³-hybridized carbons (Fsp3) is 1.00. The second kappa shape index (κ2) is 7.16. The first kappa shape index (κ1) is 16.3. The SMILES string of the molecule is CNC1CCC(C)(C)CC1CN(C)C(C)CSC. The molecule has 18 heavy (non-hydrogen) atoms. The van der Waals surface area contributed by atoms with Crippen molar-refractivity contribution in [3.05, 3.63) is 0 Å². The highest BCUT2D eigenvalue weighted by atomic mass is 32.2. The minimum atomic E-state index is 0.529. The summed E-state index contributed by atoms with van der Waals surface area (Å²) in [6.45, 7) is 8.43. The monoisotopic (exact) mass is 272 g/mol. The summed E-state index contributed by atoms with van der Waals surface area (Å²) in [6, 6.07) is 1.39. The smallest absolute Gasteiger partial charge is 0.0155 e. The van der Waals surface area contributed by atoms with Crippen molar-refractivity contribution in [1.82, 2.24) is 10.2 Å². The van der Waals surface area contributed by atoms with E-state index in [1.54, 1.807) is 0 Å². The molecule has 2 nitrogen and oxygen atoms in total. The summed E-state index contributed by atoms with van der Waals surface area (Å²) in [7, 11) is 4.41. The Balaban J connectivity index is 2.55. The van der Waals surface area contributed by atoms with Crippen LogP contribution in [0.25, 0.3) is 0 Å². The summed E-state index contributed by atoms with van der Waals surface area (Å²) >= 11 is 1.95. The lowest BCUT2D eigenvalue weighted by Gasteiger charge is -2.43. The predicted molar refractivity (Wildman–Crippen MR) is 84.4 cm³/mol. The highest BCUT2D eigenvalue weighted by molar-refractivity contribution is 7.98.